The van der Waals surface area contributed by atoms with Gasteiger partial charge in [-0.1, -0.05) is 54.6 Å². The van der Waals surface area contributed by atoms with Crippen LogP contribution in [0.3, 0.4) is 0 Å². The van der Waals surface area contributed by atoms with Crippen LogP contribution in [0.25, 0.3) is 10.9 Å². The van der Waals surface area contributed by atoms with E-state index in [9.17, 15) is 5.11 Å². The number of hydrogen-bond donors (Lipinski definition) is 1. The van der Waals surface area contributed by atoms with Gasteiger partial charge in [0.2, 0.25) is 0 Å². The van der Waals surface area contributed by atoms with Gasteiger partial charge in [0, 0.05) is 36.6 Å². The van der Waals surface area contributed by atoms with Crippen LogP contribution in [0.2, 0.25) is 0 Å². The van der Waals surface area contributed by atoms with Gasteiger partial charge in [0.1, 0.15) is 0 Å². The lowest BCUT2D eigenvalue weighted by Crippen LogP contribution is -2.51. The van der Waals surface area contributed by atoms with Crippen molar-refractivity contribution in [2.24, 2.45) is 0 Å². The maximum atomic E-state index is 11.5. The molecular weight excluding hydrogens is 332 g/mol. The summed E-state index contributed by atoms with van der Waals surface area (Å²) in [5, 5.41) is 12.7. The van der Waals surface area contributed by atoms with Gasteiger partial charge >= 0.3 is 0 Å². The average molecular weight is 358 g/mol. The molecule has 3 heteroatoms. The highest BCUT2D eigenvalue weighted by molar-refractivity contribution is 5.81. The lowest BCUT2D eigenvalue weighted by atomic mass is 9.81. The molecule has 0 spiro atoms. The predicted molar refractivity (Wildman–Crippen MR) is 108 cm³/mol. The number of fused-ring (bicyclic) bond motifs is 3. The fourth-order valence-corrected chi connectivity index (χ4v) is 5.28. The molecule has 2 aromatic carbocycles. The topological polar surface area (TPSA) is 36.4 Å². The van der Waals surface area contributed by atoms with Crippen molar-refractivity contribution in [2.45, 2.75) is 56.3 Å². The molecule has 0 amide bonds. The molecule has 2 saturated heterocycles. The Kier molecular flexibility index (Phi) is 4.22. The minimum absolute atomic E-state index is 0.483. The van der Waals surface area contributed by atoms with Crippen LogP contribution in [-0.2, 0) is 13.0 Å². The van der Waals surface area contributed by atoms with Gasteiger partial charge in [0.25, 0.3) is 0 Å². The second-order valence-electron chi connectivity index (χ2n) is 8.34. The van der Waals surface area contributed by atoms with Gasteiger partial charge in [0.05, 0.1) is 11.1 Å². The van der Waals surface area contributed by atoms with E-state index in [1.54, 1.807) is 0 Å². The zero-order valence-corrected chi connectivity index (χ0v) is 15.6. The summed E-state index contributed by atoms with van der Waals surface area (Å²) in [7, 11) is 0. The third-order valence-corrected chi connectivity index (χ3v) is 6.45. The molecule has 0 radical (unpaired) electrons. The summed E-state index contributed by atoms with van der Waals surface area (Å²) in [5.41, 5.74) is 2.96. The Bertz CT molecular complexity index is 920. The molecule has 2 atom stereocenters. The quantitative estimate of drug-likeness (QED) is 0.754. The Morgan fingerprint density at radius 3 is 2.44 bits per heavy atom. The summed E-state index contributed by atoms with van der Waals surface area (Å²) in [5.74, 6) is 0. The van der Waals surface area contributed by atoms with Crippen molar-refractivity contribution >= 4 is 10.9 Å². The number of pyridine rings is 1. The smallest absolute Gasteiger partial charge is 0.0734 e. The molecule has 1 aromatic heterocycles. The summed E-state index contributed by atoms with van der Waals surface area (Å²) in [6.07, 6.45) is 6.68. The van der Waals surface area contributed by atoms with Crippen molar-refractivity contribution in [1.82, 2.24) is 9.88 Å². The first-order valence-corrected chi connectivity index (χ1v) is 10.0. The second kappa shape index (κ2) is 6.74. The number of hydrogen-bond acceptors (Lipinski definition) is 3. The van der Waals surface area contributed by atoms with E-state index in [1.165, 1.54) is 24.0 Å². The summed E-state index contributed by atoms with van der Waals surface area (Å²) in [4.78, 5) is 7.21. The van der Waals surface area contributed by atoms with Crippen molar-refractivity contribution < 1.29 is 5.11 Å². The summed E-state index contributed by atoms with van der Waals surface area (Å²) in [6.45, 7) is 1.00. The fraction of sp³-hybridized carbons (Fsp3) is 0.375. The van der Waals surface area contributed by atoms with Crippen LogP contribution < -0.4 is 0 Å². The molecule has 3 nitrogen and oxygen atoms in total. The number of para-hydroxylation sites is 1. The van der Waals surface area contributed by atoms with E-state index in [0.717, 1.165) is 30.3 Å². The van der Waals surface area contributed by atoms with Crippen molar-refractivity contribution in [3.63, 3.8) is 0 Å². The summed E-state index contributed by atoms with van der Waals surface area (Å²) < 4.78 is 0. The zero-order valence-electron chi connectivity index (χ0n) is 15.6. The van der Waals surface area contributed by atoms with Gasteiger partial charge in [-0.2, -0.15) is 0 Å². The molecule has 2 aliphatic heterocycles. The molecule has 138 valence electrons. The minimum atomic E-state index is -0.620. The molecule has 2 bridgehead atoms. The molecule has 2 unspecified atom stereocenters. The second-order valence-corrected chi connectivity index (χ2v) is 8.34. The van der Waals surface area contributed by atoms with Gasteiger partial charge < -0.3 is 5.11 Å². The van der Waals surface area contributed by atoms with Gasteiger partial charge in [-0.25, -0.2) is 0 Å². The van der Waals surface area contributed by atoms with E-state index in [4.69, 9.17) is 0 Å². The summed E-state index contributed by atoms with van der Waals surface area (Å²) >= 11 is 0. The molecule has 0 saturated carbocycles. The van der Waals surface area contributed by atoms with Crippen molar-refractivity contribution in [2.75, 3.05) is 0 Å². The molecular formula is C24H26N2O. The van der Waals surface area contributed by atoms with Crippen LogP contribution in [0.1, 0.15) is 36.8 Å². The number of piperidine rings is 1. The molecule has 1 N–H and O–H groups in total. The highest BCUT2D eigenvalue weighted by atomic mass is 16.3. The third-order valence-electron chi connectivity index (χ3n) is 6.45. The Morgan fingerprint density at radius 1 is 0.926 bits per heavy atom. The first-order valence-electron chi connectivity index (χ1n) is 10.0. The standard InChI is InChI=1S/C24H26N2O/c27-24(14-20-9-4-8-19-10-5-13-25-23(19)20)15-21-11-12-22(16-24)26(21)17-18-6-2-1-3-7-18/h1-10,13,21-22,27H,11-12,14-17H2. The monoisotopic (exact) mass is 358 g/mol. The van der Waals surface area contributed by atoms with Gasteiger partial charge in [-0.3, -0.25) is 9.88 Å². The number of nitrogens with zero attached hydrogens (tertiary/aromatic N) is 2. The molecule has 0 aliphatic carbocycles. The Hall–Kier alpha value is -2.23. The normalized spacial score (nSPS) is 27.9. The molecule has 3 heterocycles. The lowest BCUT2D eigenvalue weighted by Gasteiger charge is -2.44. The maximum absolute atomic E-state index is 11.5. The molecule has 2 aliphatic rings. The van der Waals surface area contributed by atoms with Crippen LogP contribution in [-0.4, -0.2) is 32.7 Å². The molecule has 3 aromatic rings. The number of benzene rings is 2. The van der Waals surface area contributed by atoms with E-state index in [2.05, 4.69) is 64.5 Å². The van der Waals surface area contributed by atoms with Crippen molar-refractivity contribution in [3.05, 3.63) is 78.0 Å². The van der Waals surface area contributed by atoms with Crippen LogP contribution in [0.15, 0.2) is 66.9 Å². The Balaban J connectivity index is 1.36. The number of aliphatic hydroxyl groups is 1. The third kappa shape index (κ3) is 3.26. The lowest BCUT2D eigenvalue weighted by molar-refractivity contribution is -0.0538. The van der Waals surface area contributed by atoms with E-state index in [1.807, 2.05) is 12.3 Å². The molecule has 5 rings (SSSR count). The highest BCUT2D eigenvalue weighted by Gasteiger charge is 2.47. The maximum Gasteiger partial charge on any atom is 0.0734 e. The number of aromatic nitrogens is 1. The van der Waals surface area contributed by atoms with Crippen LogP contribution in [0.4, 0.5) is 0 Å². The Morgan fingerprint density at radius 2 is 1.67 bits per heavy atom. The van der Waals surface area contributed by atoms with E-state index < -0.39 is 5.60 Å². The van der Waals surface area contributed by atoms with E-state index in [-0.39, 0.29) is 0 Å². The average Bonchev–Trinajstić information content (AvgIpc) is 2.93. The van der Waals surface area contributed by atoms with Gasteiger partial charge in [-0.05, 0) is 42.9 Å². The van der Waals surface area contributed by atoms with E-state index >= 15 is 0 Å². The Labute approximate surface area is 160 Å². The molecule has 27 heavy (non-hydrogen) atoms. The first-order chi connectivity index (χ1) is 13.2. The van der Waals surface area contributed by atoms with E-state index in [0.29, 0.717) is 18.5 Å². The van der Waals surface area contributed by atoms with Crippen molar-refractivity contribution in [1.29, 1.82) is 0 Å². The minimum Gasteiger partial charge on any atom is -0.389 e. The van der Waals surface area contributed by atoms with Crippen LogP contribution in [0.5, 0.6) is 0 Å². The molecule has 2 fully saturated rings. The van der Waals surface area contributed by atoms with Crippen molar-refractivity contribution in [3.8, 4) is 0 Å². The predicted octanol–water partition coefficient (Wildman–Crippen LogP) is 4.34. The van der Waals surface area contributed by atoms with Crippen LogP contribution >= 0.6 is 0 Å². The van der Waals surface area contributed by atoms with Gasteiger partial charge in [-0.15, -0.1) is 0 Å². The van der Waals surface area contributed by atoms with Gasteiger partial charge in [0.15, 0.2) is 0 Å². The SMILES string of the molecule is OC1(Cc2cccc3cccnc23)CC2CCC(C1)N2Cc1ccccc1. The zero-order chi connectivity index (χ0) is 18.3. The summed E-state index contributed by atoms with van der Waals surface area (Å²) in [6, 6.07) is 22.1. The fourth-order valence-electron chi connectivity index (χ4n) is 5.28. The van der Waals surface area contributed by atoms with Crippen LogP contribution in [0, 0.1) is 0 Å². The largest absolute Gasteiger partial charge is 0.389 e. The first kappa shape index (κ1) is 16.9. The highest BCUT2D eigenvalue weighted by Crippen LogP contribution is 2.43. The number of rotatable bonds is 4.